The van der Waals surface area contributed by atoms with Crippen molar-refractivity contribution >= 4 is 5.97 Å². The molecule has 0 radical (unpaired) electrons. The molecular weight excluding hydrogens is 319 g/mol. The monoisotopic (exact) mass is 344 g/mol. The van der Waals surface area contributed by atoms with E-state index in [9.17, 15) is 14.3 Å². The fourth-order valence-corrected chi connectivity index (χ4v) is 3.37. The number of benzene rings is 2. The highest BCUT2D eigenvalue weighted by molar-refractivity contribution is 5.78. The minimum atomic E-state index is -0.862. The van der Waals surface area contributed by atoms with Crippen LogP contribution in [-0.2, 0) is 16.1 Å². The summed E-state index contributed by atoms with van der Waals surface area (Å²) in [5.41, 5.74) is 3.45. The van der Waals surface area contributed by atoms with Gasteiger partial charge in [0.1, 0.15) is 5.82 Å². The average molecular weight is 344 g/mol. The predicted molar refractivity (Wildman–Crippen MR) is 95.9 cm³/mol. The van der Waals surface area contributed by atoms with Crippen molar-refractivity contribution in [1.29, 1.82) is 0 Å². The molecule has 2 rings (SSSR count). The van der Waals surface area contributed by atoms with Crippen LogP contribution in [0.4, 0.5) is 4.39 Å². The van der Waals surface area contributed by atoms with Gasteiger partial charge in [-0.05, 0) is 67.6 Å². The highest BCUT2D eigenvalue weighted by atomic mass is 19.1. The average Bonchev–Trinajstić information content (AvgIpc) is 2.57. The van der Waals surface area contributed by atoms with Gasteiger partial charge in [0.05, 0.1) is 19.1 Å². The van der Waals surface area contributed by atoms with E-state index >= 15 is 0 Å². The normalized spacial score (nSPS) is 12.8. The van der Waals surface area contributed by atoms with Gasteiger partial charge in [0.25, 0.3) is 0 Å². The van der Waals surface area contributed by atoms with Crippen molar-refractivity contribution in [1.82, 2.24) is 0 Å². The standard InChI is InChI=1S/C21H25FO3/c1-13-6-7-15(11-16(13)12-23)19(21(3,4)20(24)25-5)18-9-8-17(22)10-14(18)2/h6-11,19,23H,12H2,1-5H3. The van der Waals surface area contributed by atoms with Crippen LogP contribution in [0.25, 0.3) is 0 Å². The van der Waals surface area contributed by atoms with Crippen LogP contribution in [0, 0.1) is 25.1 Å². The van der Waals surface area contributed by atoms with Crippen LogP contribution < -0.4 is 0 Å². The molecule has 0 heterocycles. The molecule has 1 atom stereocenters. The van der Waals surface area contributed by atoms with E-state index in [0.717, 1.165) is 27.8 Å². The first-order valence-corrected chi connectivity index (χ1v) is 8.27. The minimum absolute atomic E-state index is 0.0759. The molecule has 0 aliphatic heterocycles. The Morgan fingerprint density at radius 2 is 1.84 bits per heavy atom. The lowest BCUT2D eigenvalue weighted by Crippen LogP contribution is -2.34. The first-order valence-electron chi connectivity index (χ1n) is 8.27. The van der Waals surface area contributed by atoms with Gasteiger partial charge in [-0.1, -0.05) is 24.3 Å². The van der Waals surface area contributed by atoms with E-state index in [0.29, 0.717) is 0 Å². The molecule has 0 aliphatic carbocycles. The SMILES string of the molecule is COC(=O)C(C)(C)C(c1ccc(C)c(CO)c1)c1ccc(F)cc1C. The molecule has 0 aliphatic rings. The quantitative estimate of drug-likeness (QED) is 0.824. The van der Waals surface area contributed by atoms with Crippen molar-refractivity contribution in [2.24, 2.45) is 5.41 Å². The van der Waals surface area contributed by atoms with E-state index < -0.39 is 5.41 Å². The van der Waals surface area contributed by atoms with Crippen LogP contribution >= 0.6 is 0 Å². The second-order valence-corrected chi connectivity index (χ2v) is 6.99. The molecule has 4 heteroatoms. The second kappa shape index (κ2) is 7.36. The lowest BCUT2D eigenvalue weighted by molar-refractivity contribution is -0.151. The van der Waals surface area contributed by atoms with Gasteiger partial charge in [0, 0.05) is 5.92 Å². The lowest BCUT2D eigenvalue weighted by Gasteiger charge is -2.34. The molecule has 0 saturated carbocycles. The molecule has 0 aromatic heterocycles. The van der Waals surface area contributed by atoms with Gasteiger partial charge in [-0.3, -0.25) is 4.79 Å². The number of aryl methyl sites for hydroxylation is 2. The number of carbonyl (C=O) groups is 1. The second-order valence-electron chi connectivity index (χ2n) is 6.99. The molecule has 2 aromatic carbocycles. The molecule has 0 bridgehead atoms. The number of rotatable bonds is 5. The van der Waals surface area contributed by atoms with Gasteiger partial charge < -0.3 is 9.84 Å². The summed E-state index contributed by atoms with van der Waals surface area (Å²) in [6.45, 7) is 7.34. The Labute approximate surface area is 148 Å². The zero-order valence-electron chi connectivity index (χ0n) is 15.4. The summed E-state index contributed by atoms with van der Waals surface area (Å²) >= 11 is 0. The summed E-state index contributed by atoms with van der Waals surface area (Å²) in [5, 5.41) is 9.60. The third-order valence-corrected chi connectivity index (χ3v) is 4.85. The zero-order chi connectivity index (χ0) is 18.8. The maximum absolute atomic E-state index is 13.6. The van der Waals surface area contributed by atoms with Crippen LogP contribution in [0.3, 0.4) is 0 Å². The van der Waals surface area contributed by atoms with Crippen molar-refractivity contribution in [3.8, 4) is 0 Å². The molecule has 1 unspecified atom stereocenters. The third-order valence-electron chi connectivity index (χ3n) is 4.85. The molecule has 134 valence electrons. The fraction of sp³-hybridized carbons (Fsp3) is 0.381. The Hall–Kier alpha value is -2.20. The number of aliphatic hydroxyl groups is 1. The van der Waals surface area contributed by atoms with Crippen LogP contribution in [0.15, 0.2) is 36.4 Å². The fourth-order valence-electron chi connectivity index (χ4n) is 3.37. The highest BCUT2D eigenvalue weighted by Gasteiger charge is 2.40. The molecule has 0 spiro atoms. The Bertz CT molecular complexity index is 781. The molecule has 25 heavy (non-hydrogen) atoms. The number of esters is 1. The van der Waals surface area contributed by atoms with Gasteiger partial charge in [0.15, 0.2) is 0 Å². The van der Waals surface area contributed by atoms with Crippen molar-refractivity contribution in [3.05, 3.63) is 70.0 Å². The number of methoxy groups -OCH3 is 1. The summed E-state index contributed by atoms with van der Waals surface area (Å²) in [4.78, 5) is 12.5. The van der Waals surface area contributed by atoms with Gasteiger partial charge in [-0.25, -0.2) is 4.39 Å². The smallest absolute Gasteiger partial charge is 0.312 e. The van der Waals surface area contributed by atoms with E-state index in [2.05, 4.69) is 0 Å². The first-order chi connectivity index (χ1) is 11.7. The van der Waals surface area contributed by atoms with Crippen molar-refractivity contribution < 1.29 is 19.0 Å². The number of ether oxygens (including phenoxy) is 1. The van der Waals surface area contributed by atoms with Crippen LogP contribution in [-0.4, -0.2) is 18.2 Å². The van der Waals surface area contributed by atoms with Crippen molar-refractivity contribution in [3.63, 3.8) is 0 Å². The summed E-state index contributed by atoms with van der Waals surface area (Å²) in [5.74, 6) is -0.977. The Morgan fingerprint density at radius 3 is 2.40 bits per heavy atom. The maximum Gasteiger partial charge on any atom is 0.312 e. The summed E-state index contributed by atoms with van der Waals surface area (Å²) in [7, 11) is 1.37. The van der Waals surface area contributed by atoms with E-state index in [4.69, 9.17) is 4.74 Å². The summed E-state index contributed by atoms with van der Waals surface area (Å²) in [6.07, 6.45) is 0. The zero-order valence-corrected chi connectivity index (χ0v) is 15.4. The van der Waals surface area contributed by atoms with Gasteiger partial charge in [-0.2, -0.15) is 0 Å². The van der Waals surface area contributed by atoms with Crippen molar-refractivity contribution in [2.75, 3.05) is 7.11 Å². The summed E-state index contributed by atoms with van der Waals surface area (Å²) in [6, 6.07) is 10.4. The van der Waals surface area contributed by atoms with E-state index in [1.807, 2.05) is 45.9 Å². The van der Waals surface area contributed by atoms with Crippen molar-refractivity contribution in [2.45, 2.75) is 40.2 Å². The largest absolute Gasteiger partial charge is 0.469 e. The maximum atomic E-state index is 13.6. The molecule has 0 fully saturated rings. The first kappa shape index (κ1) is 19.1. The Kier molecular flexibility index (Phi) is 5.63. The number of halogens is 1. The van der Waals surface area contributed by atoms with Crippen LogP contribution in [0.2, 0.25) is 0 Å². The molecule has 1 N–H and O–H groups in total. The van der Waals surface area contributed by atoms with E-state index in [1.165, 1.54) is 19.2 Å². The van der Waals surface area contributed by atoms with Crippen LogP contribution in [0.5, 0.6) is 0 Å². The number of hydrogen-bond donors (Lipinski definition) is 1. The predicted octanol–water partition coefficient (Wildman–Crippen LogP) is 4.27. The Balaban J connectivity index is 2.70. The minimum Gasteiger partial charge on any atom is -0.469 e. The van der Waals surface area contributed by atoms with Crippen LogP contribution in [0.1, 0.15) is 47.6 Å². The molecule has 3 nitrogen and oxygen atoms in total. The van der Waals surface area contributed by atoms with Gasteiger partial charge in [-0.15, -0.1) is 0 Å². The Morgan fingerprint density at radius 1 is 1.16 bits per heavy atom. The molecule has 0 amide bonds. The highest BCUT2D eigenvalue weighted by Crippen LogP contribution is 2.43. The number of aliphatic hydroxyl groups excluding tert-OH is 1. The third kappa shape index (κ3) is 3.74. The molecule has 0 saturated heterocycles. The number of hydrogen-bond acceptors (Lipinski definition) is 3. The number of carbonyl (C=O) groups excluding carboxylic acids is 1. The van der Waals surface area contributed by atoms with Gasteiger partial charge in [0.2, 0.25) is 0 Å². The topological polar surface area (TPSA) is 46.5 Å². The lowest BCUT2D eigenvalue weighted by atomic mass is 9.70. The van der Waals surface area contributed by atoms with E-state index in [1.54, 1.807) is 6.07 Å². The van der Waals surface area contributed by atoms with E-state index in [-0.39, 0.29) is 24.3 Å². The van der Waals surface area contributed by atoms with Gasteiger partial charge >= 0.3 is 5.97 Å². The molecule has 2 aromatic rings. The summed E-state index contributed by atoms with van der Waals surface area (Å²) < 4.78 is 18.6. The molecular formula is C21H25FO3.